The van der Waals surface area contributed by atoms with E-state index in [4.69, 9.17) is 11.5 Å². The number of hydrogen-bond acceptors (Lipinski definition) is 6. The monoisotopic (exact) mass is 394 g/mol. The summed E-state index contributed by atoms with van der Waals surface area (Å²) in [5.74, 6) is 1.85. The molecule has 0 aliphatic rings. The molecule has 0 saturated carbocycles. The molecule has 0 fully saturated rings. The second-order valence-corrected chi connectivity index (χ2v) is 7.24. The van der Waals surface area contributed by atoms with Gasteiger partial charge in [-0.05, 0) is 44.4 Å². The SMILES string of the molecule is C=C(C)CC(CC(C)CN)c1nc(C(=NC(=C)c2cccnc2)C(N)=NC)n[nH]1. The predicted octanol–water partition coefficient (Wildman–Crippen LogP) is 2.68. The number of allylic oxidation sites excluding steroid dienone is 1. The van der Waals surface area contributed by atoms with Gasteiger partial charge in [0.1, 0.15) is 11.7 Å². The Bertz CT molecular complexity index is 894. The molecule has 2 aromatic heterocycles. The fourth-order valence-electron chi connectivity index (χ4n) is 2.92. The minimum absolute atomic E-state index is 0.134. The Morgan fingerprint density at radius 3 is 2.69 bits per heavy atom. The summed E-state index contributed by atoms with van der Waals surface area (Å²) in [5.41, 5.74) is 14.6. The molecule has 2 atom stereocenters. The van der Waals surface area contributed by atoms with Crippen LogP contribution in [0.4, 0.5) is 0 Å². The molecule has 29 heavy (non-hydrogen) atoms. The van der Waals surface area contributed by atoms with E-state index in [2.05, 4.69) is 50.2 Å². The highest BCUT2D eigenvalue weighted by molar-refractivity contribution is 6.46. The first-order chi connectivity index (χ1) is 13.8. The molecule has 0 bridgehead atoms. The number of aromatic amines is 1. The lowest BCUT2D eigenvalue weighted by Crippen LogP contribution is -2.26. The Kier molecular flexibility index (Phi) is 7.97. The third kappa shape index (κ3) is 6.18. The lowest BCUT2D eigenvalue weighted by Gasteiger charge is -2.18. The second kappa shape index (κ2) is 10.4. The number of nitrogens with zero attached hydrogens (tertiary/aromatic N) is 5. The normalized spacial score (nSPS) is 14.5. The third-order valence-corrected chi connectivity index (χ3v) is 4.51. The Morgan fingerprint density at radius 1 is 1.34 bits per heavy atom. The van der Waals surface area contributed by atoms with Crippen molar-refractivity contribution in [2.75, 3.05) is 13.6 Å². The largest absolute Gasteiger partial charge is 0.382 e. The summed E-state index contributed by atoms with van der Waals surface area (Å²) in [4.78, 5) is 17.4. The number of rotatable bonds is 10. The van der Waals surface area contributed by atoms with Crippen molar-refractivity contribution >= 4 is 17.2 Å². The standard InChI is InChI=1S/C21H30N8/c1-13(2)9-17(10-14(3)11-22)20-27-21(29-28-20)18(19(23)24-5)26-15(4)16-7-6-8-25-12-16/h6-8,12,14,17H,1,4,9-11,22H2,2-3,5H3,(H2,23,24)(H,27,28,29). The zero-order valence-electron chi connectivity index (χ0n) is 17.4. The number of amidine groups is 1. The molecule has 154 valence electrons. The van der Waals surface area contributed by atoms with Gasteiger partial charge >= 0.3 is 0 Å². The maximum Gasteiger partial charge on any atom is 0.203 e. The van der Waals surface area contributed by atoms with Gasteiger partial charge in [-0.1, -0.05) is 19.1 Å². The fourth-order valence-corrected chi connectivity index (χ4v) is 2.92. The van der Waals surface area contributed by atoms with E-state index in [-0.39, 0.29) is 11.8 Å². The van der Waals surface area contributed by atoms with Gasteiger partial charge in [0.05, 0.1) is 5.70 Å². The number of nitrogens with one attached hydrogen (secondary N) is 1. The van der Waals surface area contributed by atoms with Crippen molar-refractivity contribution in [2.24, 2.45) is 27.4 Å². The zero-order chi connectivity index (χ0) is 21.4. The number of nitrogens with two attached hydrogens (primary N) is 2. The van der Waals surface area contributed by atoms with Crippen molar-refractivity contribution in [3.63, 3.8) is 0 Å². The minimum Gasteiger partial charge on any atom is -0.382 e. The van der Waals surface area contributed by atoms with Gasteiger partial charge in [-0.25, -0.2) is 9.98 Å². The van der Waals surface area contributed by atoms with Crippen LogP contribution in [0.15, 0.2) is 53.2 Å². The van der Waals surface area contributed by atoms with Gasteiger partial charge in [0.2, 0.25) is 5.82 Å². The van der Waals surface area contributed by atoms with Crippen LogP contribution in [0.25, 0.3) is 5.70 Å². The predicted molar refractivity (Wildman–Crippen MR) is 119 cm³/mol. The molecule has 0 aliphatic carbocycles. The molecule has 0 saturated heterocycles. The van der Waals surface area contributed by atoms with Crippen LogP contribution in [-0.4, -0.2) is 45.3 Å². The van der Waals surface area contributed by atoms with E-state index in [1.54, 1.807) is 19.4 Å². The van der Waals surface area contributed by atoms with Crippen molar-refractivity contribution < 1.29 is 0 Å². The number of hydrogen-bond donors (Lipinski definition) is 3. The maximum atomic E-state index is 6.08. The molecule has 2 aromatic rings. The molecule has 2 unspecified atom stereocenters. The molecule has 2 rings (SSSR count). The van der Waals surface area contributed by atoms with E-state index in [1.165, 1.54) is 0 Å². The van der Waals surface area contributed by atoms with Crippen molar-refractivity contribution in [3.8, 4) is 0 Å². The Morgan fingerprint density at radius 2 is 2.10 bits per heavy atom. The zero-order valence-corrected chi connectivity index (χ0v) is 17.4. The van der Waals surface area contributed by atoms with E-state index >= 15 is 0 Å². The van der Waals surface area contributed by atoms with Crippen LogP contribution in [0.2, 0.25) is 0 Å². The molecule has 8 nitrogen and oxygen atoms in total. The van der Waals surface area contributed by atoms with Crippen LogP contribution in [0.3, 0.4) is 0 Å². The Hall–Kier alpha value is -3.13. The average molecular weight is 395 g/mol. The Labute approximate surface area is 172 Å². The fraction of sp³-hybridized carbons (Fsp3) is 0.381. The van der Waals surface area contributed by atoms with Gasteiger partial charge < -0.3 is 11.5 Å². The maximum absolute atomic E-state index is 6.08. The molecule has 0 spiro atoms. The first-order valence-electron chi connectivity index (χ1n) is 9.53. The lowest BCUT2D eigenvalue weighted by atomic mass is 9.90. The van der Waals surface area contributed by atoms with Crippen LogP contribution in [-0.2, 0) is 0 Å². The number of H-pyrrole nitrogens is 1. The lowest BCUT2D eigenvalue weighted by molar-refractivity contribution is 0.458. The van der Waals surface area contributed by atoms with Crippen LogP contribution >= 0.6 is 0 Å². The quantitative estimate of drug-likeness (QED) is 0.324. The van der Waals surface area contributed by atoms with Gasteiger partial charge in [0.25, 0.3) is 0 Å². The second-order valence-electron chi connectivity index (χ2n) is 7.24. The number of pyridine rings is 1. The molecule has 0 aliphatic heterocycles. The van der Waals surface area contributed by atoms with E-state index in [1.807, 2.05) is 19.1 Å². The van der Waals surface area contributed by atoms with Crippen molar-refractivity contribution in [1.29, 1.82) is 0 Å². The van der Waals surface area contributed by atoms with Crippen LogP contribution in [0.5, 0.6) is 0 Å². The summed E-state index contributed by atoms with van der Waals surface area (Å²) in [6, 6.07) is 3.69. The summed E-state index contributed by atoms with van der Waals surface area (Å²) >= 11 is 0. The molecule has 5 N–H and O–H groups in total. The van der Waals surface area contributed by atoms with E-state index in [0.717, 1.165) is 29.8 Å². The van der Waals surface area contributed by atoms with Crippen molar-refractivity contribution in [1.82, 2.24) is 20.2 Å². The minimum atomic E-state index is 0.134. The molecule has 0 aromatic carbocycles. The van der Waals surface area contributed by atoms with Crippen molar-refractivity contribution in [3.05, 3.63) is 60.5 Å². The van der Waals surface area contributed by atoms with E-state index in [9.17, 15) is 0 Å². The highest BCUT2D eigenvalue weighted by atomic mass is 15.2. The highest BCUT2D eigenvalue weighted by Gasteiger charge is 2.22. The number of aliphatic imine (C=N–C) groups is 2. The van der Waals surface area contributed by atoms with Gasteiger partial charge in [0.15, 0.2) is 5.71 Å². The molecular weight excluding hydrogens is 364 g/mol. The third-order valence-electron chi connectivity index (χ3n) is 4.51. The van der Waals surface area contributed by atoms with Gasteiger partial charge in [-0.2, -0.15) is 5.10 Å². The first kappa shape index (κ1) is 22.2. The van der Waals surface area contributed by atoms with Gasteiger partial charge in [-0.3, -0.25) is 15.1 Å². The van der Waals surface area contributed by atoms with Gasteiger partial charge in [0, 0.05) is 30.9 Å². The molecule has 2 heterocycles. The van der Waals surface area contributed by atoms with Gasteiger partial charge in [-0.15, -0.1) is 6.58 Å². The highest BCUT2D eigenvalue weighted by Crippen LogP contribution is 2.27. The first-order valence-corrected chi connectivity index (χ1v) is 9.53. The summed E-state index contributed by atoms with van der Waals surface area (Å²) in [6.07, 6.45) is 5.05. The van der Waals surface area contributed by atoms with E-state index in [0.29, 0.717) is 29.7 Å². The van der Waals surface area contributed by atoms with Crippen molar-refractivity contribution in [2.45, 2.75) is 32.6 Å². The summed E-state index contributed by atoms with van der Waals surface area (Å²) in [7, 11) is 1.60. The summed E-state index contributed by atoms with van der Waals surface area (Å²) in [6.45, 7) is 12.8. The smallest absolute Gasteiger partial charge is 0.203 e. The number of aromatic nitrogens is 4. The molecule has 0 amide bonds. The topological polar surface area (TPSA) is 131 Å². The molecular formula is C21H30N8. The van der Waals surface area contributed by atoms with E-state index < -0.39 is 0 Å². The molecule has 8 heteroatoms. The van der Waals surface area contributed by atoms with Crippen LogP contribution < -0.4 is 11.5 Å². The molecule has 0 radical (unpaired) electrons. The van der Waals surface area contributed by atoms with Crippen LogP contribution in [0.1, 0.15) is 49.8 Å². The summed E-state index contributed by atoms with van der Waals surface area (Å²) in [5, 5.41) is 7.38. The average Bonchev–Trinajstić information content (AvgIpc) is 3.20. The summed E-state index contributed by atoms with van der Waals surface area (Å²) < 4.78 is 0. The van der Waals surface area contributed by atoms with Crippen LogP contribution in [0, 0.1) is 5.92 Å². The Balaban J connectivity index is 2.38.